The predicted molar refractivity (Wildman–Crippen MR) is 81.1 cm³/mol. The van der Waals surface area contributed by atoms with Crippen molar-refractivity contribution in [3.8, 4) is 5.75 Å². The van der Waals surface area contributed by atoms with Gasteiger partial charge in [-0.25, -0.2) is 4.79 Å². The molecule has 0 bridgehead atoms. The molecule has 1 saturated heterocycles. The van der Waals surface area contributed by atoms with Gasteiger partial charge in [-0.05, 0) is 51.2 Å². The summed E-state index contributed by atoms with van der Waals surface area (Å²) in [5.74, 6) is 0.613. The smallest absolute Gasteiger partial charge is 0.329 e. The Balaban J connectivity index is 2.14. The third kappa shape index (κ3) is 2.47. The highest BCUT2D eigenvalue weighted by molar-refractivity contribution is 5.78. The lowest BCUT2D eigenvalue weighted by atomic mass is 10.1. The van der Waals surface area contributed by atoms with Crippen molar-refractivity contribution in [3.63, 3.8) is 0 Å². The normalized spacial score (nSPS) is 17.2. The van der Waals surface area contributed by atoms with Crippen LogP contribution in [0.4, 0.5) is 0 Å². The molecular weight excluding hydrogens is 270 g/mol. The van der Waals surface area contributed by atoms with Crippen molar-refractivity contribution in [3.05, 3.63) is 39.0 Å². The number of aromatic amines is 1. The largest absolute Gasteiger partial charge is 0.497 e. The molecule has 3 rings (SSSR count). The van der Waals surface area contributed by atoms with E-state index >= 15 is 0 Å². The van der Waals surface area contributed by atoms with Gasteiger partial charge in [0.1, 0.15) is 5.75 Å². The molecule has 0 atom stereocenters. The second-order valence-corrected chi connectivity index (χ2v) is 5.55. The average molecular weight is 289 g/mol. The van der Waals surface area contributed by atoms with Gasteiger partial charge in [-0.3, -0.25) is 9.36 Å². The Morgan fingerprint density at radius 1 is 1.24 bits per heavy atom. The molecular formula is C15H19N3O3. The minimum absolute atomic E-state index is 0.0342. The predicted octanol–water partition coefficient (Wildman–Crippen LogP) is 0.965. The van der Waals surface area contributed by atoms with E-state index in [1.165, 1.54) is 4.57 Å². The van der Waals surface area contributed by atoms with E-state index in [2.05, 4.69) is 16.9 Å². The van der Waals surface area contributed by atoms with Crippen LogP contribution in [0, 0.1) is 0 Å². The second-order valence-electron chi connectivity index (χ2n) is 5.55. The summed E-state index contributed by atoms with van der Waals surface area (Å²) in [5.41, 5.74) is -0.00981. The van der Waals surface area contributed by atoms with E-state index in [0.717, 1.165) is 25.9 Å². The molecule has 1 aliphatic heterocycles. The first-order valence-electron chi connectivity index (χ1n) is 7.11. The van der Waals surface area contributed by atoms with Gasteiger partial charge in [-0.2, -0.15) is 0 Å². The van der Waals surface area contributed by atoms with E-state index < -0.39 is 0 Å². The fourth-order valence-electron chi connectivity index (χ4n) is 2.92. The topological polar surface area (TPSA) is 67.3 Å². The molecule has 0 aliphatic carbocycles. The fraction of sp³-hybridized carbons (Fsp3) is 0.467. The number of rotatable bonds is 2. The Hall–Kier alpha value is -2.08. The van der Waals surface area contributed by atoms with E-state index in [1.54, 1.807) is 25.3 Å². The van der Waals surface area contributed by atoms with Crippen LogP contribution < -0.4 is 16.0 Å². The Bertz CT molecular complexity index is 770. The van der Waals surface area contributed by atoms with Crippen LogP contribution in [0.3, 0.4) is 0 Å². The molecule has 1 N–H and O–H groups in total. The van der Waals surface area contributed by atoms with Crippen molar-refractivity contribution >= 4 is 10.9 Å². The Labute approximate surface area is 122 Å². The summed E-state index contributed by atoms with van der Waals surface area (Å²) >= 11 is 0. The lowest BCUT2D eigenvalue weighted by molar-refractivity contribution is 0.216. The van der Waals surface area contributed by atoms with Crippen LogP contribution in [0.5, 0.6) is 5.75 Å². The number of hydrogen-bond acceptors (Lipinski definition) is 4. The summed E-state index contributed by atoms with van der Waals surface area (Å²) in [5, 5.41) is 0.493. The molecule has 2 heterocycles. The van der Waals surface area contributed by atoms with Crippen molar-refractivity contribution < 1.29 is 4.74 Å². The summed E-state index contributed by atoms with van der Waals surface area (Å²) in [6.07, 6.45) is 1.63. The van der Waals surface area contributed by atoms with Gasteiger partial charge in [0.25, 0.3) is 5.56 Å². The maximum Gasteiger partial charge on any atom is 0.329 e. The highest BCUT2D eigenvalue weighted by atomic mass is 16.5. The molecule has 112 valence electrons. The third-order valence-electron chi connectivity index (χ3n) is 4.19. The molecule has 0 amide bonds. The van der Waals surface area contributed by atoms with Gasteiger partial charge < -0.3 is 14.6 Å². The van der Waals surface area contributed by atoms with E-state index in [0.29, 0.717) is 16.7 Å². The van der Waals surface area contributed by atoms with Crippen molar-refractivity contribution in [2.75, 3.05) is 27.2 Å². The number of piperidine rings is 1. The number of nitrogens with one attached hydrogen (secondary N) is 1. The number of nitrogens with zero attached hydrogens (tertiary/aromatic N) is 2. The lowest BCUT2D eigenvalue weighted by Crippen LogP contribution is -2.42. The van der Waals surface area contributed by atoms with Gasteiger partial charge >= 0.3 is 5.69 Å². The summed E-state index contributed by atoms with van der Waals surface area (Å²) in [4.78, 5) is 29.9. The minimum atomic E-state index is -0.327. The molecule has 6 heteroatoms. The first-order valence-corrected chi connectivity index (χ1v) is 7.11. The van der Waals surface area contributed by atoms with Crippen molar-refractivity contribution in [2.45, 2.75) is 18.9 Å². The van der Waals surface area contributed by atoms with E-state index in [4.69, 9.17) is 4.74 Å². The van der Waals surface area contributed by atoms with E-state index in [-0.39, 0.29) is 17.3 Å². The zero-order valence-corrected chi connectivity index (χ0v) is 12.3. The van der Waals surface area contributed by atoms with Gasteiger partial charge in [0.05, 0.1) is 18.0 Å². The fourth-order valence-corrected chi connectivity index (χ4v) is 2.92. The van der Waals surface area contributed by atoms with Crippen LogP contribution in [0.2, 0.25) is 0 Å². The summed E-state index contributed by atoms with van der Waals surface area (Å²) < 4.78 is 6.53. The third-order valence-corrected chi connectivity index (χ3v) is 4.19. The highest BCUT2D eigenvalue weighted by Crippen LogP contribution is 2.20. The van der Waals surface area contributed by atoms with Crippen LogP contribution in [-0.4, -0.2) is 41.7 Å². The number of methoxy groups -OCH3 is 1. The number of ether oxygens (including phenoxy) is 1. The van der Waals surface area contributed by atoms with Crippen molar-refractivity contribution in [1.82, 2.24) is 14.5 Å². The molecule has 0 spiro atoms. The molecule has 0 radical (unpaired) electrons. The molecule has 21 heavy (non-hydrogen) atoms. The van der Waals surface area contributed by atoms with Crippen molar-refractivity contribution in [2.24, 2.45) is 0 Å². The van der Waals surface area contributed by atoms with Gasteiger partial charge in [0.2, 0.25) is 0 Å². The van der Waals surface area contributed by atoms with Crippen LogP contribution in [0.1, 0.15) is 18.9 Å². The average Bonchev–Trinajstić information content (AvgIpc) is 2.49. The second kappa shape index (κ2) is 5.37. The molecule has 1 fully saturated rings. The Kier molecular flexibility index (Phi) is 3.55. The highest BCUT2D eigenvalue weighted by Gasteiger charge is 2.22. The number of fused-ring (bicyclic) bond motifs is 1. The zero-order valence-electron chi connectivity index (χ0n) is 12.3. The molecule has 1 aromatic heterocycles. The standard InChI is InChI=1S/C15H19N3O3/c1-17-7-5-10(6-8-17)18-14(19)12-9-11(21-2)3-4-13(12)16-15(18)20/h3-4,9-10H,5-8H2,1-2H3,(H,16,20). The number of benzene rings is 1. The van der Waals surface area contributed by atoms with Gasteiger partial charge in [-0.15, -0.1) is 0 Å². The Morgan fingerprint density at radius 2 is 1.95 bits per heavy atom. The van der Waals surface area contributed by atoms with Crippen LogP contribution in [-0.2, 0) is 0 Å². The number of hydrogen-bond donors (Lipinski definition) is 1. The zero-order chi connectivity index (χ0) is 15.0. The lowest BCUT2D eigenvalue weighted by Gasteiger charge is -2.29. The molecule has 0 saturated carbocycles. The first kappa shape index (κ1) is 13.9. The van der Waals surface area contributed by atoms with Crippen LogP contribution in [0.15, 0.2) is 27.8 Å². The monoisotopic (exact) mass is 289 g/mol. The molecule has 2 aromatic rings. The summed E-state index contributed by atoms with van der Waals surface area (Å²) in [6.45, 7) is 1.79. The van der Waals surface area contributed by atoms with Crippen molar-refractivity contribution in [1.29, 1.82) is 0 Å². The molecule has 1 aliphatic rings. The van der Waals surface area contributed by atoms with E-state index in [1.807, 2.05) is 0 Å². The number of aromatic nitrogens is 2. The van der Waals surface area contributed by atoms with Gasteiger partial charge in [0, 0.05) is 6.04 Å². The number of likely N-dealkylation sites (tertiary alicyclic amines) is 1. The number of H-pyrrole nitrogens is 1. The van der Waals surface area contributed by atoms with Crippen LogP contribution >= 0.6 is 0 Å². The maximum atomic E-state index is 12.7. The van der Waals surface area contributed by atoms with Gasteiger partial charge in [-0.1, -0.05) is 0 Å². The SMILES string of the molecule is COc1ccc2[nH]c(=O)n(C3CCN(C)CC3)c(=O)c2c1. The van der Waals surface area contributed by atoms with Gasteiger partial charge in [0.15, 0.2) is 0 Å². The summed E-state index contributed by atoms with van der Waals surface area (Å²) in [6, 6.07) is 5.08. The summed E-state index contributed by atoms with van der Waals surface area (Å²) in [7, 11) is 3.61. The quantitative estimate of drug-likeness (QED) is 0.894. The molecule has 6 nitrogen and oxygen atoms in total. The maximum absolute atomic E-state index is 12.7. The molecule has 0 unspecified atom stereocenters. The van der Waals surface area contributed by atoms with E-state index in [9.17, 15) is 9.59 Å². The van der Waals surface area contributed by atoms with Crippen LogP contribution in [0.25, 0.3) is 10.9 Å². The molecule has 1 aromatic carbocycles. The minimum Gasteiger partial charge on any atom is -0.497 e. The first-order chi connectivity index (χ1) is 10.1. The Morgan fingerprint density at radius 3 is 2.62 bits per heavy atom.